The van der Waals surface area contributed by atoms with E-state index in [4.69, 9.17) is 16.3 Å². The molecular formula is C16H20ClNO3. The van der Waals surface area contributed by atoms with Gasteiger partial charge in [0.05, 0.1) is 5.56 Å². The summed E-state index contributed by atoms with van der Waals surface area (Å²) in [4.78, 5) is 22.9. The zero-order valence-electron chi connectivity index (χ0n) is 11.9. The summed E-state index contributed by atoms with van der Waals surface area (Å²) in [6, 6.07) is 5.00. The van der Waals surface area contributed by atoms with Gasteiger partial charge in [0.2, 0.25) is 0 Å². The van der Waals surface area contributed by atoms with Gasteiger partial charge in [-0.1, -0.05) is 37.3 Å². The number of halogens is 1. The van der Waals surface area contributed by atoms with Gasteiger partial charge in [-0.3, -0.25) is 9.59 Å². The molecular weight excluding hydrogens is 290 g/mol. The third-order valence-corrected chi connectivity index (χ3v) is 3.91. The number of amides is 1. The quantitative estimate of drug-likeness (QED) is 0.670. The smallest absolute Gasteiger partial charge is 0.258 e. The van der Waals surface area contributed by atoms with E-state index in [1.807, 2.05) is 0 Å². The maximum absolute atomic E-state index is 11.9. The topological polar surface area (TPSA) is 55.4 Å². The van der Waals surface area contributed by atoms with Crippen molar-refractivity contribution < 1.29 is 14.3 Å². The van der Waals surface area contributed by atoms with E-state index >= 15 is 0 Å². The fraction of sp³-hybridized carbons (Fsp3) is 0.500. The van der Waals surface area contributed by atoms with Crippen LogP contribution in [0.15, 0.2) is 18.2 Å². The van der Waals surface area contributed by atoms with E-state index < -0.39 is 0 Å². The highest BCUT2D eigenvalue weighted by molar-refractivity contribution is 6.30. The van der Waals surface area contributed by atoms with Crippen LogP contribution in [0, 0.1) is 0 Å². The number of rotatable bonds is 5. The first-order valence-electron chi connectivity index (χ1n) is 7.36. The molecule has 0 heterocycles. The minimum atomic E-state index is -0.145. The van der Waals surface area contributed by atoms with Crippen LogP contribution in [0.3, 0.4) is 0 Å². The molecule has 0 unspecified atom stereocenters. The molecule has 114 valence electrons. The number of carbonyl (C=O) groups excluding carboxylic acids is 2. The first kappa shape index (κ1) is 15.8. The molecule has 0 spiro atoms. The Morgan fingerprint density at radius 3 is 2.67 bits per heavy atom. The second-order valence-electron chi connectivity index (χ2n) is 5.34. The minimum absolute atomic E-state index is 0.0844. The average molecular weight is 310 g/mol. The van der Waals surface area contributed by atoms with Gasteiger partial charge >= 0.3 is 0 Å². The van der Waals surface area contributed by atoms with Crippen LogP contribution in [0.5, 0.6) is 5.75 Å². The molecule has 1 N–H and O–H groups in total. The third kappa shape index (κ3) is 5.05. The maximum atomic E-state index is 11.9. The molecule has 0 radical (unpaired) electrons. The van der Waals surface area contributed by atoms with E-state index in [1.165, 1.54) is 18.9 Å². The van der Waals surface area contributed by atoms with E-state index in [0.29, 0.717) is 22.6 Å². The number of nitrogens with one attached hydrogen (secondary N) is 1. The van der Waals surface area contributed by atoms with Gasteiger partial charge < -0.3 is 10.1 Å². The molecule has 1 amide bonds. The highest BCUT2D eigenvalue weighted by Gasteiger charge is 2.15. The molecule has 0 saturated heterocycles. The summed E-state index contributed by atoms with van der Waals surface area (Å²) >= 11 is 5.81. The van der Waals surface area contributed by atoms with Crippen LogP contribution in [-0.4, -0.2) is 24.8 Å². The molecule has 0 aromatic heterocycles. The Morgan fingerprint density at radius 2 is 2.00 bits per heavy atom. The second kappa shape index (κ2) is 8.03. The van der Waals surface area contributed by atoms with E-state index in [-0.39, 0.29) is 18.6 Å². The zero-order valence-corrected chi connectivity index (χ0v) is 12.7. The molecule has 1 aliphatic carbocycles. The molecule has 1 aromatic rings. The first-order chi connectivity index (χ1) is 10.2. The summed E-state index contributed by atoms with van der Waals surface area (Å²) in [5.41, 5.74) is 0.352. The van der Waals surface area contributed by atoms with Crippen LogP contribution >= 0.6 is 11.6 Å². The Balaban J connectivity index is 1.84. The fourth-order valence-electron chi connectivity index (χ4n) is 2.58. The Kier molecular flexibility index (Phi) is 6.05. The molecule has 1 fully saturated rings. The standard InChI is InChI=1S/C16H20ClNO3/c17-13-7-8-15(12(9-13)10-19)21-11-16(20)18-14-5-3-1-2-4-6-14/h7-10,14H,1-6,11H2,(H,18,20). The van der Waals surface area contributed by atoms with Crippen molar-refractivity contribution in [1.29, 1.82) is 0 Å². The predicted molar refractivity (Wildman–Crippen MR) is 82.0 cm³/mol. The van der Waals surface area contributed by atoms with Gasteiger partial charge in [0.25, 0.3) is 5.91 Å². The normalized spacial score (nSPS) is 16.0. The largest absolute Gasteiger partial charge is 0.483 e. The maximum Gasteiger partial charge on any atom is 0.258 e. The monoisotopic (exact) mass is 309 g/mol. The van der Waals surface area contributed by atoms with Crippen molar-refractivity contribution in [2.24, 2.45) is 0 Å². The summed E-state index contributed by atoms with van der Waals surface area (Å²) in [5.74, 6) is 0.235. The highest BCUT2D eigenvalue weighted by Crippen LogP contribution is 2.21. The van der Waals surface area contributed by atoms with Crippen molar-refractivity contribution in [2.75, 3.05) is 6.61 Å². The van der Waals surface area contributed by atoms with Crippen LogP contribution in [0.1, 0.15) is 48.9 Å². The van der Waals surface area contributed by atoms with Crippen molar-refractivity contribution in [2.45, 2.75) is 44.6 Å². The molecule has 0 aliphatic heterocycles. The highest BCUT2D eigenvalue weighted by atomic mass is 35.5. The zero-order chi connectivity index (χ0) is 15.1. The molecule has 2 rings (SSSR count). The molecule has 1 aliphatic rings. The van der Waals surface area contributed by atoms with Crippen molar-refractivity contribution in [3.05, 3.63) is 28.8 Å². The molecule has 4 nitrogen and oxygen atoms in total. The molecule has 1 saturated carbocycles. The van der Waals surface area contributed by atoms with Gasteiger partial charge in [-0.15, -0.1) is 0 Å². The van der Waals surface area contributed by atoms with Crippen molar-refractivity contribution in [3.8, 4) is 5.75 Å². The molecule has 0 atom stereocenters. The van der Waals surface area contributed by atoms with E-state index in [1.54, 1.807) is 12.1 Å². The second-order valence-corrected chi connectivity index (χ2v) is 5.78. The van der Waals surface area contributed by atoms with Crippen LogP contribution in [0.4, 0.5) is 0 Å². The number of hydrogen-bond acceptors (Lipinski definition) is 3. The van der Waals surface area contributed by atoms with E-state index in [2.05, 4.69) is 5.32 Å². The summed E-state index contributed by atoms with van der Waals surface area (Å²) in [5, 5.41) is 3.46. The Labute approximate surface area is 129 Å². The van der Waals surface area contributed by atoms with Crippen molar-refractivity contribution in [1.82, 2.24) is 5.32 Å². The molecule has 0 bridgehead atoms. The molecule has 21 heavy (non-hydrogen) atoms. The molecule has 5 heteroatoms. The lowest BCUT2D eigenvalue weighted by molar-refractivity contribution is -0.123. The van der Waals surface area contributed by atoms with Crippen molar-refractivity contribution in [3.63, 3.8) is 0 Å². The SMILES string of the molecule is O=Cc1cc(Cl)ccc1OCC(=O)NC1CCCCCC1. The lowest BCUT2D eigenvalue weighted by Crippen LogP contribution is -2.37. The summed E-state index contributed by atoms with van der Waals surface area (Å²) < 4.78 is 5.42. The first-order valence-corrected chi connectivity index (χ1v) is 7.74. The van der Waals surface area contributed by atoms with Gasteiger partial charge in [0.15, 0.2) is 12.9 Å². The summed E-state index contributed by atoms with van der Waals surface area (Å²) in [6.07, 6.45) is 7.56. The van der Waals surface area contributed by atoms with Crippen LogP contribution in [0.25, 0.3) is 0 Å². The Bertz CT molecular complexity index is 496. The summed E-state index contributed by atoms with van der Waals surface area (Å²) in [7, 11) is 0. The Morgan fingerprint density at radius 1 is 1.29 bits per heavy atom. The average Bonchev–Trinajstić information content (AvgIpc) is 2.74. The lowest BCUT2D eigenvalue weighted by atomic mass is 10.1. The van der Waals surface area contributed by atoms with Crippen LogP contribution < -0.4 is 10.1 Å². The van der Waals surface area contributed by atoms with E-state index in [9.17, 15) is 9.59 Å². The minimum Gasteiger partial charge on any atom is -0.483 e. The third-order valence-electron chi connectivity index (χ3n) is 3.68. The Hall–Kier alpha value is -1.55. The number of aldehydes is 1. The van der Waals surface area contributed by atoms with Gasteiger partial charge in [-0.05, 0) is 31.0 Å². The van der Waals surface area contributed by atoms with Gasteiger partial charge in [0, 0.05) is 11.1 Å². The van der Waals surface area contributed by atoms with Crippen molar-refractivity contribution >= 4 is 23.8 Å². The fourth-order valence-corrected chi connectivity index (χ4v) is 2.76. The van der Waals surface area contributed by atoms with E-state index in [0.717, 1.165) is 25.7 Å². The van der Waals surface area contributed by atoms with Crippen LogP contribution in [0.2, 0.25) is 5.02 Å². The summed E-state index contributed by atoms with van der Waals surface area (Å²) in [6.45, 7) is -0.0844. The number of hydrogen-bond donors (Lipinski definition) is 1. The van der Waals surface area contributed by atoms with Crippen LogP contribution in [-0.2, 0) is 4.79 Å². The predicted octanol–water partition coefficient (Wildman–Crippen LogP) is 3.37. The lowest BCUT2D eigenvalue weighted by Gasteiger charge is -2.16. The molecule has 1 aromatic carbocycles. The van der Waals surface area contributed by atoms with Gasteiger partial charge in [-0.25, -0.2) is 0 Å². The van der Waals surface area contributed by atoms with Gasteiger partial charge in [-0.2, -0.15) is 0 Å². The number of carbonyl (C=O) groups is 2. The van der Waals surface area contributed by atoms with Gasteiger partial charge in [0.1, 0.15) is 5.75 Å². The number of benzene rings is 1. The number of ether oxygens (including phenoxy) is 1.